The van der Waals surface area contributed by atoms with Gasteiger partial charge in [-0.25, -0.2) is 4.39 Å². The average molecular weight is 377 g/mol. The molecule has 0 aliphatic rings. The van der Waals surface area contributed by atoms with E-state index in [1.807, 2.05) is 0 Å². The Hall–Kier alpha value is -2.23. The fraction of sp³-hybridized carbons (Fsp3) is 0.400. The number of rotatable bonds is 4. The number of hydrogen-bond acceptors (Lipinski definition) is 5. The van der Waals surface area contributed by atoms with Gasteiger partial charge in [-0.1, -0.05) is 28.6 Å². The topological polar surface area (TPSA) is 55.3 Å². The first-order valence-corrected chi connectivity index (χ1v) is 7.93. The van der Waals surface area contributed by atoms with E-state index < -0.39 is 35.1 Å². The summed E-state index contributed by atoms with van der Waals surface area (Å²) in [7, 11) is 0. The van der Waals surface area contributed by atoms with Gasteiger partial charge in [-0.15, -0.1) is 5.10 Å². The van der Waals surface area contributed by atoms with E-state index >= 15 is 0 Å². The van der Waals surface area contributed by atoms with Gasteiger partial charge in [0.05, 0.1) is 5.69 Å². The predicted octanol–water partition coefficient (Wildman–Crippen LogP) is 3.91. The van der Waals surface area contributed by atoms with Crippen LogP contribution in [0, 0.1) is 5.82 Å². The Morgan fingerprint density at radius 2 is 1.84 bits per heavy atom. The minimum absolute atomic E-state index is 0.0526. The van der Waals surface area contributed by atoms with Crippen molar-refractivity contribution in [3.05, 3.63) is 35.1 Å². The summed E-state index contributed by atoms with van der Waals surface area (Å²) < 4.78 is 56.5. The molecule has 136 valence electrons. The molecule has 0 unspecified atom stereocenters. The number of aromatic nitrogens is 2. The van der Waals surface area contributed by atoms with Crippen LogP contribution in [0.5, 0.6) is 5.19 Å². The number of amides is 1. The summed E-state index contributed by atoms with van der Waals surface area (Å²) in [5.41, 5.74) is -0.724. The van der Waals surface area contributed by atoms with E-state index in [9.17, 15) is 22.4 Å². The van der Waals surface area contributed by atoms with Crippen LogP contribution >= 0.6 is 11.3 Å². The molecule has 2 aromatic rings. The van der Waals surface area contributed by atoms with Gasteiger partial charge in [-0.05, 0) is 32.9 Å². The summed E-state index contributed by atoms with van der Waals surface area (Å²) >= 11 is 0.186. The lowest BCUT2D eigenvalue weighted by atomic mass is 10.0. The van der Waals surface area contributed by atoms with Crippen LogP contribution in [-0.4, -0.2) is 28.3 Å². The number of carbonyl (C=O) groups excluding carboxylic acids is 1. The predicted molar refractivity (Wildman–Crippen MR) is 84.0 cm³/mol. The zero-order chi connectivity index (χ0) is 18.8. The Bertz CT molecular complexity index is 756. The molecule has 1 aromatic heterocycles. The summed E-state index contributed by atoms with van der Waals surface area (Å²) in [6.45, 7) is 4.50. The highest BCUT2D eigenvalue weighted by Gasteiger charge is 2.36. The van der Waals surface area contributed by atoms with Crippen LogP contribution in [0.1, 0.15) is 25.8 Å². The SMILES string of the molecule is CC(C)(C)N(C(=O)COc1nnc(C(F)(F)F)s1)c1ccccc1F. The molecule has 0 aliphatic heterocycles. The van der Waals surface area contributed by atoms with E-state index in [0.717, 1.165) is 0 Å². The quantitative estimate of drug-likeness (QED) is 0.759. The van der Waals surface area contributed by atoms with Crippen LogP contribution in [0.25, 0.3) is 0 Å². The maximum absolute atomic E-state index is 14.0. The Balaban J connectivity index is 2.16. The molecule has 0 atom stereocenters. The van der Waals surface area contributed by atoms with E-state index in [1.54, 1.807) is 26.8 Å². The number of halogens is 4. The molecule has 0 N–H and O–H groups in total. The Morgan fingerprint density at radius 3 is 2.36 bits per heavy atom. The van der Waals surface area contributed by atoms with Gasteiger partial charge in [0, 0.05) is 5.54 Å². The molecule has 25 heavy (non-hydrogen) atoms. The second-order valence-corrected chi connectivity index (χ2v) is 6.95. The first-order valence-electron chi connectivity index (χ1n) is 7.11. The van der Waals surface area contributed by atoms with E-state index in [1.165, 1.54) is 23.1 Å². The molecule has 0 spiro atoms. The summed E-state index contributed by atoms with van der Waals surface area (Å²) in [6, 6.07) is 5.71. The minimum Gasteiger partial charge on any atom is -0.459 e. The highest BCUT2D eigenvalue weighted by Crippen LogP contribution is 2.34. The Kier molecular flexibility index (Phi) is 5.31. The van der Waals surface area contributed by atoms with Crippen molar-refractivity contribution in [1.82, 2.24) is 10.2 Å². The highest BCUT2D eigenvalue weighted by atomic mass is 32.1. The van der Waals surface area contributed by atoms with Crippen molar-refractivity contribution >= 4 is 22.9 Å². The third-order valence-corrected chi connectivity index (χ3v) is 3.86. The first kappa shape index (κ1) is 19.1. The van der Waals surface area contributed by atoms with Gasteiger partial charge in [0.1, 0.15) is 5.82 Å². The number of carbonyl (C=O) groups is 1. The number of anilines is 1. The van der Waals surface area contributed by atoms with Crippen molar-refractivity contribution < 1.29 is 27.1 Å². The molecule has 5 nitrogen and oxygen atoms in total. The van der Waals surface area contributed by atoms with Crippen LogP contribution in [-0.2, 0) is 11.0 Å². The maximum Gasteiger partial charge on any atom is 0.445 e. The number of para-hydroxylation sites is 1. The fourth-order valence-corrected chi connectivity index (χ4v) is 2.64. The van der Waals surface area contributed by atoms with Crippen molar-refractivity contribution in [3.63, 3.8) is 0 Å². The lowest BCUT2D eigenvalue weighted by Crippen LogP contribution is -2.48. The molecule has 2 rings (SSSR count). The second kappa shape index (κ2) is 6.95. The van der Waals surface area contributed by atoms with Gasteiger partial charge in [0.25, 0.3) is 11.1 Å². The molecule has 0 saturated heterocycles. The lowest BCUT2D eigenvalue weighted by molar-refractivity contribution is -0.138. The van der Waals surface area contributed by atoms with Crippen molar-refractivity contribution in [3.8, 4) is 5.19 Å². The molecule has 1 amide bonds. The number of hydrogen-bond donors (Lipinski definition) is 0. The van der Waals surface area contributed by atoms with Crippen LogP contribution in [0.15, 0.2) is 24.3 Å². The largest absolute Gasteiger partial charge is 0.459 e. The zero-order valence-corrected chi connectivity index (χ0v) is 14.4. The summed E-state index contributed by atoms with van der Waals surface area (Å²) in [4.78, 5) is 13.7. The molecular weight excluding hydrogens is 362 g/mol. The molecule has 0 aliphatic carbocycles. The zero-order valence-electron chi connectivity index (χ0n) is 13.6. The first-order chi connectivity index (χ1) is 11.5. The van der Waals surface area contributed by atoms with E-state index in [2.05, 4.69) is 10.2 Å². The highest BCUT2D eigenvalue weighted by molar-refractivity contribution is 7.13. The van der Waals surface area contributed by atoms with Gasteiger partial charge in [-0.3, -0.25) is 4.79 Å². The van der Waals surface area contributed by atoms with Gasteiger partial charge in [0.2, 0.25) is 5.01 Å². The summed E-state index contributed by atoms with van der Waals surface area (Å²) in [6.07, 6.45) is -4.63. The minimum atomic E-state index is -4.63. The van der Waals surface area contributed by atoms with Crippen molar-refractivity contribution in [1.29, 1.82) is 0 Å². The van der Waals surface area contributed by atoms with Crippen molar-refractivity contribution in [2.24, 2.45) is 0 Å². The van der Waals surface area contributed by atoms with Gasteiger partial charge in [-0.2, -0.15) is 13.2 Å². The lowest BCUT2D eigenvalue weighted by Gasteiger charge is -2.35. The average Bonchev–Trinajstić information content (AvgIpc) is 2.95. The third-order valence-electron chi connectivity index (χ3n) is 2.98. The smallest absolute Gasteiger partial charge is 0.445 e. The molecule has 1 aromatic carbocycles. The monoisotopic (exact) mass is 377 g/mol. The van der Waals surface area contributed by atoms with Gasteiger partial charge >= 0.3 is 6.18 Å². The maximum atomic E-state index is 14.0. The van der Waals surface area contributed by atoms with E-state index in [4.69, 9.17) is 4.74 Å². The number of alkyl halides is 3. The number of ether oxygens (including phenoxy) is 1. The van der Waals surface area contributed by atoms with E-state index in [-0.39, 0.29) is 22.2 Å². The van der Waals surface area contributed by atoms with Crippen LogP contribution in [0.2, 0.25) is 0 Å². The van der Waals surface area contributed by atoms with Gasteiger partial charge in [0.15, 0.2) is 6.61 Å². The van der Waals surface area contributed by atoms with E-state index in [0.29, 0.717) is 0 Å². The molecular formula is C15H15F4N3O2S. The third kappa shape index (κ3) is 4.65. The van der Waals surface area contributed by atoms with Crippen LogP contribution in [0.3, 0.4) is 0 Å². The van der Waals surface area contributed by atoms with Crippen molar-refractivity contribution in [2.75, 3.05) is 11.5 Å². The molecule has 0 saturated carbocycles. The standard InChI is InChI=1S/C15H15F4N3O2S/c1-14(2,3)22(10-7-5-4-6-9(10)16)11(23)8-24-13-21-20-12(25-13)15(17,18)19/h4-7H,8H2,1-3H3. The Labute approximate surface area is 145 Å². The molecule has 0 fully saturated rings. The summed E-state index contributed by atoms with van der Waals surface area (Å²) in [5, 5.41) is 4.66. The number of benzene rings is 1. The molecule has 0 radical (unpaired) electrons. The number of nitrogens with zero attached hydrogens (tertiary/aromatic N) is 3. The van der Waals surface area contributed by atoms with Crippen LogP contribution < -0.4 is 9.64 Å². The molecule has 1 heterocycles. The Morgan fingerprint density at radius 1 is 1.20 bits per heavy atom. The van der Waals surface area contributed by atoms with Crippen molar-refractivity contribution in [2.45, 2.75) is 32.5 Å². The molecule has 0 bridgehead atoms. The molecule has 10 heteroatoms. The summed E-state index contributed by atoms with van der Waals surface area (Å²) in [5.74, 6) is -1.22. The normalized spacial score (nSPS) is 12.1. The second-order valence-electron chi connectivity index (χ2n) is 6.01. The fourth-order valence-electron chi connectivity index (χ4n) is 2.07. The van der Waals surface area contributed by atoms with Gasteiger partial charge < -0.3 is 9.64 Å². The van der Waals surface area contributed by atoms with Crippen LogP contribution in [0.4, 0.5) is 23.2 Å².